The Morgan fingerprint density at radius 2 is 2.19 bits per heavy atom. The summed E-state index contributed by atoms with van der Waals surface area (Å²) in [4.78, 5) is 23.0. The SMILES string of the molecule is Cc1nc(-c2cnn(C)c2C(=O)NC2CCn3nc(Br)nc3C2)sc1C. The third-order valence-corrected chi connectivity index (χ3v) is 6.03. The lowest BCUT2D eigenvalue weighted by Gasteiger charge is -2.23. The first-order chi connectivity index (χ1) is 12.4. The Bertz CT molecular complexity index is 970. The summed E-state index contributed by atoms with van der Waals surface area (Å²) >= 11 is 4.88. The van der Waals surface area contributed by atoms with Gasteiger partial charge in [-0.1, -0.05) is 0 Å². The molecule has 1 unspecified atom stereocenters. The molecule has 1 aliphatic rings. The van der Waals surface area contributed by atoms with Crippen LogP contribution >= 0.6 is 27.3 Å². The summed E-state index contributed by atoms with van der Waals surface area (Å²) in [6.45, 7) is 4.74. The van der Waals surface area contributed by atoms with Crippen LogP contribution in [0.25, 0.3) is 10.6 Å². The number of nitrogens with one attached hydrogen (secondary N) is 1. The highest BCUT2D eigenvalue weighted by molar-refractivity contribution is 9.10. The van der Waals surface area contributed by atoms with E-state index in [9.17, 15) is 4.79 Å². The average molecular weight is 436 g/mol. The van der Waals surface area contributed by atoms with Gasteiger partial charge in [-0.15, -0.1) is 16.4 Å². The number of aromatic nitrogens is 6. The average Bonchev–Trinajstić information content (AvgIpc) is 3.24. The largest absolute Gasteiger partial charge is 0.347 e. The predicted molar refractivity (Wildman–Crippen MR) is 101 cm³/mol. The summed E-state index contributed by atoms with van der Waals surface area (Å²) in [5.41, 5.74) is 2.29. The number of carbonyl (C=O) groups is 1. The number of hydrogen-bond acceptors (Lipinski definition) is 6. The second-order valence-corrected chi connectivity index (χ2v) is 8.29. The Morgan fingerprint density at radius 3 is 2.92 bits per heavy atom. The third kappa shape index (κ3) is 3.07. The van der Waals surface area contributed by atoms with Gasteiger partial charge in [-0.05, 0) is 36.2 Å². The van der Waals surface area contributed by atoms with Gasteiger partial charge in [-0.2, -0.15) is 5.10 Å². The number of nitrogens with zero attached hydrogens (tertiary/aromatic N) is 6. The highest BCUT2D eigenvalue weighted by atomic mass is 79.9. The van der Waals surface area contributed by atoms with Gasteiger partial charge in [-0.25, -0.2) is 14.6 Å². The van der Waals surface area contributed by atoms with Crippen molar-refractivity contribution in [2.75, 3.05) is 0 Å². The minimum absolute atomic E-state index is 0.0219. The zero-order valence-corrected chi connectivity index (χ0v) is 17.1. The molecule has 0 spiro atoms. The minimum Gasteiger partial charge on any atom is -0.347 e. The van der Waals surface area contributed by atoms with Gasteiger partial charge in [0, 0.05) is 30.9 Å². The van der Waals surface area contributed by atoms with Gasteiger partial charge >= 0.3 is 0 Å². The Hall–Kier alpha value is -2.07. The summed E-state index contributed by atoms with van der Waals surface area (Å²) in [7, 11) is 1.78. The molecule has 0 radical (unpaired) electrons. The highest BCUT2D eigenvalue weighted by Crippen LogP contribution is 2.30. The molecule has 1 amide bonds. The summed E-state index contributed by atoms with van der Waals surface area (Å²) in [6, 6.07) is 0.0219. The molecule has 0 saturated carbocycles. The molecule has 0 bridgehead atoms. The van der Waals surface area contributed by atoms with Crippen LogP contribution in [0.2, 0.25) is 0 Å². The molecule has 10 heteroatoms. The number of hydrogen-bond donors (Lipinski definition) is 1. The van der Waals surface area contributed by atoms with E-state index < -0.39 is 0 Å². The maximum atomic E-state index is 13.0. The fourth-order valence-electron chi connectivity index (χ4n) is 3.10. The molecule has 1 aliphatic heterocycles. The zero-order chi connectivity index (χ0) is 18.4. The zero-order valence-electron chi connectivity index (χ0n) is 14.7. The van der Waals surface area contributed by atoms with Gasteiger partial charge < -0.3 is 5.32 Å². The Morgan fingerprint density at radius 1 is 1.38 bits per heavy atom. The van der Waals surface area contributed by atoms with E-state index in [1.807, 2.05) is 18.5 Å². The van der Waals surface area contributed by atoms with Crippen molar-refractivity contribution in [2.24, 2.45) is 7.05 Å². The summed E-state index contributed by atoms with van der Waals surface area (Å²) < 4.78 is 4.07. The molecule has 0 aliphatic carbocycles. The van der Waals surface area contributed by atoms with Crippen molar-refractivity contribution in [2.45, 2.75) is 39.3 Å². The quantitative estimate of drug-likeness (QED) is 0.680. The molecule has 4 heterocycles. The fraction of sp³-hybridized carbons (Fsp3) is 0.438. The van der Waals surface area contributed by atoms with E-state index in [1.165, 1.54) is 0 Å². The van der Waals surface area contributed by atoms with Crippen LogP contribution in [0.5, 0.6) is 0 Å². The molecule has 8 nitrogen and oxygen atoms in total. The molecule has 26 heavy (non-hydrogen) atoms. The van der Waals surface area contributed by atoms with E-state index in [0.717, 1.165) is 39.9 Å². The van der Waals surface area contributed by atoms with Gasteiger partial charge in [0.25, 0.3) is 5.91 Å². The minimum atomic E-state index is -0.137. The van der Waals surface area contributed by atoms with E-state index in [1.54, 1.807) is 29.3 Å². The Labute approximate surface area is 162 Å². The normalized spacial score (nSPS) is 16.5. The van der Waals surface area contributed by atoms with E-state index in [4.69, 9.17) is 0 Å². The van der Waals surface area contributed by atoms with Crippen molar-refractivity contribution >= 4 is 33.2 Å². The van der Waals surface area contributed by atoms with Crippen molar-refractivity contribution in [1.29, 1.82) is 0 Å². The van der Waals surface area contributed by atoms with Crippen LogP contribution in [-0.2, 0) is 20.0 Å². The van der Waals surface area contributed by atoms with E-state index in [0.29, 0.717) is 16.8 Å². The van der Waals surface area contributed by atoms with Crippen molar-refractivity contribution in [3.05, 3.63) is 33.0 Å². The first kappa shape index (κ1) is 17.3. The molecule has 0 fully saturated rings. The highest BCUT2D eigenvalue weighted by Gasteiger charge is 2.26. The lowest BCUT2D eigenvalue weighted by Crippen LogP contribution is -2.41. The van der Waals surface area contributed by atoms with Gasteiger partial charge in [0.2, 0.25) is 4.73 Å². The number of halogens is 1. The first-order valence-electron chi connectivity index (χ1n) is 8.29. The molecule has 3 aromatic heterocycles. The number of rotatable bonds is 3. The van der Waals surface area contributed by atoms with E-state index in [2.05, 4.69) is 41.4 Å². The second-order valence-electron chi connectivity index (χ2n) is 6.37. The Balaban J connectivity index is 1.57. The Kier molecular flexibility index (Phi) is 4.39. The van der Waals surface area contributed by atoms with Gasteiger partial charge in [-0.3, -0.25) is 9.48 Å². The molecular formula is C16H18BrN7OS. The van der Waals surface area contributed by atoms with Crippen LogP contribution < -0.4 is 5.32 Å². The molecule has 0 aromatic carbocycles. The van der Waals surface area contributed by atoms with E-state index >= 15 is 0 Å². The molecule has 1 N–H and O–H groups in total. The maximum absolute atomic E-state index is 13.0. The van der Waals surface area contributed by atoms with Gasteiger partial charge in [0.05, 0.1) is 17.5 Å². The van der Waals surface area contributed by atoms with Crippen LogP contribution in [0.4, 0.5) is 0 Å². The fourth-order valence-corrected chi connectivity index (χ4v) is 4.42. The van der Waals surface area contributed by atoms with Crippen LogP contribution in [0.1, 0.15) is 33.3 Å². The van der Waals surface area contributed by atoms with Gasteiger partial charge in [0.1, 0.15) is 16.5 Å². The lowest BCUT2D eigenvalue weighted by molar-refractivity contribution is 0.0921. The van der Waals surface area contributed by atoms with Gasteiger partial charge in [0.15, 0.2) is 0 Å². The molecule has 136 valence electrons. The molecule has 3 aromatic rings. The number of aryl methyl sites for hydroxylation is 4. The van der Waals surface area contributed by atoms with Crippen molar-refractivity contribution in [3.63, 3.8) is 0 Å². The summed E-state index contributed by atoms with van der Waals surface area (Å²) in [5, 5.41) is 12.5. The molecule has 4 rings (SSSR count). The third-order valence-electron chi connectivity index (χ3n) is 4.59. The lowest BCUT2D eigenvalue weighted by atomic mass is 10.1. The standard InChI is InChI=1S/C16H18BrN7OS/c1-8-9(2)26-15(19-8)11-7-18-23(3)13(11)14(25)20-10-4-5-24-12(6-10)21-16(17)22-24/h7,10H,4-6H2,1-3H3,(H,20,25). The maximum Gasteiger partial charge on any atom is 0.270 e. The molecular weight excluding hydrogens is 418 g/mol. The summed E-state index contributed by atoms with van der Waals surface area (Å²) in [5.74, 6) is 0.743. The van der Waals surface area contributed by atoms with Crippen molar-refractivity contribution < 1.29 is 4.79 Å². The van der Waals surface area contributed by atoms with Crippen LogP contribution in [0, 0.1) is 13.8 Å². The number of thiazole rings is 1. The number of carbonyl (C=O) groups excluding carboxylic acids is 1. The van der Waals surface area contributed by atoms with Crippen molar-refractivity contribution in [1.82, 2.24) is 34.8 Å². The van der Waals surface area contributed by atoms with Crippen LogP contribution in [-0.4, -0.2) is 41.5 Å². The number of fused-ring (bicyclic) bond motifs is 1. The van der Waals surface area contributed by atoms with E-state index in [-0.39, 0.29) is 11.9 Å². The second kappa shape index (κ2) is 6.58. The van der Waals surface area contributed by atoms with Crippen LogP contribution in [0.3, 0.4) is 0 Å². The number of amides is 1. The first-order valence-corrected chi connectivity index (χ1v) is 9.90. The van der Waals surface area contributed by atoms with Crippen molar-refractivity contribution in [3.8, 4) is 10.6 Å². The summed E-state index contributed by atoms with van der Waals surface area (Å²) in [6.07, 6.45) is 3.19. The topological polar surface area (TPSA) is 90.5 Å². The molecule has 0 saturated heterocycles. The monoisotopic (exact) mass is 435 g/mol. The molecule has 1 atom stereocenters. The predicted octanol–water partition coefficient (Wildman–Crippen LogP) is 2.26. The van der Waals surface area contributed by atoms with Crippen LogP contribution in [0.15, 0.2) is 10.9 Å². The smallest absolute Gasteiger partial charge is 0.270 e.